The third-order valence-electron chi connectivity index (χ3n) is 4.18. The van der Waals surface area contributed by atoms with E-state index < -0.39 is 5.60 Å². The van der Waals surface area contributed by atoms with E-state index in [1.807, 2.05) is 13.8 Å². The molecule has 1 aliphatic carbocycles. The van der Waals surface area contributed by atoms with Crippen LogP contribution in [0.3, 0.4) is 0 Å². The predicted octanol–water partition coefficient (Wildman–Crippen LogP) is 3.90. The quantitative estimate of drug-likeness (QED) is 0.677. The highest BCUT2D eigenvalue weighted by atomic mass is 16.3. The molecule has 0 aliphatic heterocycles. The minimum absolute atomic E-state index is 0.136. The molecule has 0 bridgehead atoms. The fraction of sp³-hybridized carbons (Fsp3) is 1.00. The molecule has 0 atom stereocenters. The number of hydrogen-bond donors (Lipinski definition) is 1. The molecule has 84 valence electrons. The van der Waals surface area contributed by atoms with E-state index in [4.69, 9.17) is 0 Å². The van der Waals surface area contributed by atoms with Gasteiger partial charge in [0.25, 0.3) is 0 Å². The summed E-state index contributed by atoms with van der Waals surface area (Å²) in [5.74, 6) is 0. The lowest BCUT2D eigenvalue weighted by atomic mass is 9.69. The largest absolute Gasteiger partial charge is 0.390 e. The van der Waals surface area contributed by atoms with E-state index in [1.165, 1.54) is 51.4 Å². The van der Waals surface area contributed by atoms with E-state index in [9.17, 15) is 5.11 Å². The molecular formula is C13H26O. The molecule has 1 N–H and O–H groups in total. The van der Waals surface area contributed by atoms with Gasteiger partial charge in [-0.3, -0.25) is 0 Å². The number of hydrogen-bond acceptors (Lipinski definition) is 1. The number of rotatable bonds is 1. The van der Waals surface area contributed by atoms with E-state index in [-0.39, 0.29) is 5.41 Å². The highest BCUT2D eigenvalue weighted by molar-refractivity contribution is 4.89. The summed E-state index contributed by atoms with van der Waals surface area (Å²) >= 11 is 0. The first-order valence-corrected chi connectivity index (χ1v) is 6.18. The van der Waals surface area contributed by atoms with Crippen molar-refractivity contribution in [3.8, 4) is 0 Å². The Bertz CT molecular complexity index is 157. The third-order valence-corrected chi connectivity index (χ3v) is 4.18. The van der Waals surface area contributed by atoms with Crippen LogP contribution in [0.4, 0.5) is 0 Å². The van der Waals surface area contributed by atoms with Crippen molar-refractivity contribution in [1.82, 2.24) is 0 Å². The minimum Gasteiger partial charge on any atom is -0.390 e. The van der Waals surface area contributed by atoms with E-state index in [0.29, 0.717) is 0 Å². The lowest BCUT2D eigenvalue weighted by Gasteiger charge is -2.41. The monoisotopic (exact) mass is 198 g/mol. The molecule has 1 rings (SSSR count). The average Bonchev–Trinajstić information content (AvgIpc) is 2.16. The summed E-state index contributed by atoms with van der Waals surface area (Å²) in [5, 5.41) is 10.2. The van der Waals surface area contributed by atoms with Crippen molar-refractivity contribution >= 4 is 0 Å². The molecule has 0 spiro atoms. The maximum Gasteiger partial charge on any atom is 0.0645 e. The molecule has 0 saturated heterocycles. The Labute approximate surface area is 88.9 Å². The van der Waals surface area contributed by atoms with Crippen LogP contribution in [0.5, 0.6) is 0 Å². The van der Waals surface area contributed by atoms with Gasteiger partial charge in [-0.1, -0.05) is 45.4 Å². The summed E-state index contributed by atoms with van der Waals surface area (Å²) in [6, 6.07) is 0. The fourth-order valence-electron chi connectivity index (χ4n) is 2.47. The lowest BCUT2D eigenvalue weighted by Crippen LogP contribution is -2.41. The molecule has 1 nitrogen and oxygen atoms in total. The van der Waals surface area contributed by atoms with E-state index in [2.05, 4.69) is 6.92 Å². The van der Waals surface area contributed by atoms with Gasteiger partial charge >= 0.3 is 0 Å². The van der Waals surface area contributed by atoms with Gasteiger partial charge in [0, 0.05) is 0 Å². The maximum absolute atomic E-state index is 10.2. The molecule has 1 aliphatic rings. The van der Waals surface area contributed by atoms with Gasteiger partial charge in [-0.2, -0.15) is 0 Å². The molecule has 1 saturated carbocycles. The summed E-state index contributed by atoms with van der Waals surface area (Å²) in [7, 11) is 0. The van der Waals surface area contributed by atoms with Crippen LogP contribution in [0.25, 0.3) is 0 Å². The molecule has 0 aromatic heterocycles. The van der Waals surface area contributed by atoms with E-state index >= 15 is 0 Å². The van der Waals surface area contributed by atoms with E-state index in [0.717, 1.165) is 0 Å². The van der Waals surface area contributed by atoms with Crippen molar-refractivity contribution in [2.75, 3.05) is 0 Å². The van der Waals surface area contributed by atoms with Crippen LogP contribution < -0.4 is 0 Å². The van der Waals surface area contributed by atoms with Gasteiger partial charge in [0.2, 0.25) is 0 Å². The van der Waals surface area contributed by atoms with Crippen LogP contribution in [0, 0.1) is 5.41 Å². The van der Waals surface area contributed by atoms with Crippen molar-refractivity contribution in [3.05, 3.63) is 0 Å². The molecule has 1 fully saturated rings. The summed E-state index contributed by atoms with van der Waals surface area (Å²) in [4.78, 5) is 0. The van der Waals surface area contributed by atoms with Gasteiger partial charge < -0.3 is 5.11 Å². The Balaban J connectivity index is 2.62. The first-order valence-electron chi connectivity index (χ1n) is 6.18. The Morgan fingerprint density at radius 2 is 1.21 bits per heavy atom. The van der Waals surface area contributed by atoms with Crippen LogP contribution in [0.15, 0.2) is 0 Å². The molecule has 0 heterocycles. The van der Waals surface area contributed by atoms with Gasteiger partial charge in [-0.25, -0.2) is 0 Å². The minimum atomic E-state index is -0.517. The van der Waals surface area contributed by atoms with Gasteiger partial charge in [0.15, 0.2) is 0 Å². The van der Waals surface area contributed by atoms with Crippen LogP contribution in [-0.2, 0) is 0 Å². The van der Waals surface area contributed by atoms with Gasteiger partial charge in [-0.15, -0.1) is 0 Å². The highest BCUT2D eigenvalue weighted by Gasteiger charge is 2.38. The van der Waals surface area contributed by atoms with Crippen LogP contribution >= 0.6 is 0 Å². The molecule has 0 aromatic rings. The van der Waals surface area contributed by atoms with Gasteiger partial charge in [0.1, 0.15) is 0 Å². The lowest BCUT2D eigenvalue weighted by molar-refractivity contribution is -0.0569. The standard InChI is InChI=1S/C13H26O/c1-12(2,14)13(3)10-8-6-4-5-7-9-11-13/h14H,4-11H2,1-3H3. The Morgan fingerprint density at radius 1 is 0.857 bits per heavy atom. The molecule has 1 heteroatoms. The zero-order valence-electron chi connectivity index (χ0n) is 10.1. The second-order valence-electron chi connectivity index (χ2n) is 5.74. The first kappa shape index (κ1) is 12.0. The van der Waals surface area contributed by atoms with Gasteiger partial charge in [-0.05, 0) is 32.1 Å². The molecule has 0 aromatic carbocycles. The van der Waals surface area contributed by atoms with Crippen LogP contribution in [0.2, 0.25) is 0 Å². The van der Waals surface area contributed by atoms with Gasteiger partial charge in [0.05, 0.1) is 5.60 Å². The zero-order chi connectivity index (χ0) is 10.7. The van der Waals surface area contributed by atoms with Crippen LogP contribution in [0.1, 0.15) is 72.1 Å². The van der Waals surface area contributed by atoms with Crippen molar-refractivity contribution < 1.29 is 5.11 Å². The third kappa shape index (κ3) is 2.98. The molecule has 0 radical (unpaired) electrons. The predicted molar refractivity (Wildman–Crippen MR) is 61.3 cm³/mol. The molecule has 0 amide bonds. The normalized spacial score (nSPS) is 24.9. The zero-order valence-corrected chi connectivity index (χ0v) is 10.1. The van der Waals surface area contributed by atoms with E-state index in [1.54, 1.807) is 0 Å². The topological polar surface area (TPSA) is 20.2 Å². The Morgan fingerprint density at radius 3 is 1.57 bits per heavy atom. The average molecular weight is 198 g/mol. The highest BCUT2D eigenvalue weighted by Crippen LogP contribution is 2.41. The van der Waals surface area contributed by atoms with Crippen LogP contribution in [-0.4, -0.2) is 10.7 Å². The molecular weight excluding hydrogens is 172 g/mol. The summed E-state index contributed by atoms with van der Waals surface area (Å²) in [6.07, 6.45) is 10.5. The maximum atomic E-state index is 10.2. The number of aliphatic hydroxyl groups is 1. The summed E-state index contributed by atoms with van der Waals surface area (Å²) in [5.41, 5.74) is -0.380. The Kier molecular flexibility index (Phi) is 4.00. The Hall–Kier alpha value is -0.0400. The van der Waals surface area contributed by atoms with Crippen molar-refractivity contribution in [1.29, 1.82) is 0 Å². The first-order chi connectivity index (χ1) is 6.46. The summed E-state index contributed by atoms with van der Waals surface area (Å²) in [6.45, 7) is 6.22. The summed E-state index contributed by atoms with van der Waals surface area (Å²) < 4.78 is 0. The van der Waals surface area contributed by atoms with Crippen molar-refractivity contribution in [2.24, 2.45) is 5.41 Å². The molecule has 14 heavy (non-hydrogen) atoms. The fourth-order valence-corrected chi connectivity index (χ4v) is 2.47. The molecule has 0 unspecified atom stereocenters. The van der Waals surface area contributed by atoms with Crippen molar-refractivity contribution in [2.45, 2.75) is 77.7 Å². The smallest absolute Gasteiger partial charge is 0.0645 e. The second kappa shape index (κ2) is 4.65. The second-order valence-corrected chi connectivity index (χ2v) is 5.74. The SMILES string of the molecule is CC(C)(O)C1(C)CCCCCCCC1. The van der Waals surface area contributed by atoms with Crippen molar-refractivity contribution in [3.63, 3.8) is 0 Å².